The van der Waals surface area contributed by atoms with Crippen molar-refractivity contribution in [2.75, 3.05) is 5.32 Å². The highest BCUT2D eigenvalue weighted by atomic mass is 35.5. The zero-order valence-corrected chi connectivity index (χ0v) is 13.0. The molecule has 0 spiro atoms. The maximum atomic E-state index is 13.0. The lowest BCUT2D eigenvalue weighted by Crippen LogP contribution is -2.25. The van der Waals surface area contributed by atoms with Crippen molar-refractivity contribution in [2.24, 2.45) is 0 Å². The molecule has 5 nitrogen and oxygen atoms in total. The van der Waals surface area contributed by atoms with E-state index in [0.29, 0.717) is 16.4 Å². The van der Waals surface area contributed by atoms with Crippen LogP contribution in [0.4, 0.5) is 10.1 Å². The molecule has 3 aromatic rings. The summed E-state index contributed by atoms with van der Waals surface area (Å²) in [4.78, 5) is 24.2. The molecule has 0 aliphatic carbocycles. The number of carbonyl (C=O) groups excluding carboxylic acids is 1. The predicted molar refractivity (Wildman–Crippen MR) is 89.2 cm³/mol. The van der Waals surface area contributed by atoms with Gasteiger partial charge in [-0.2, -0.15) is 5.10 Å². The van der Waals surface area contributed by atoms with Gasteiger partial charge in [0.15, 0.2) is 5.69 Å². The molecule has 0 unspecified atom stereocenters. The van der Waals surface area contributed by atoms with Gasteiger partial charge in [0.1, 0.15) is 5.82 Å². The Morgan fingerprint density at radius 2 is 1.71 bits per heavy atom. The number of carbonyl (C=O) groups is 1. The lowest BCUT2D eigenvalue weighted by atomic mass is 10.3. The fraction of sp³-hybridized carbons (Fsp3) is 0. The Kier molecular flexibility index (Phi) is 4.39. The van der Waals surface area contributed by atoms with Crippen molar-refractivity contribution in [1.82, 2.24) is 9.78 Å². The van der Waals surface area contributed by atoms with Crippen LogP contribution in [0.25, 0.3) is 5.69 Å². The van der Waals surface area contributed by atoms with Crippen LogP contribution >= 0.6 is 11.6 Å². The molecule has 7 heteroatoms. The number of hydrogen-bond donors (Lipinski definition) is 1. The van der Waals surface area contributed by atoms with E-state index in [4.69, 9.17) is 11.6 Å². The predicted octanol–water partition coefficient (Wildman–Crippen LogP) is 3.28. The molecular formula is C17H11ClFN3O2. The molecule has 120 valence electrons. The van der Waals surface area contributed by atoms with Crippen molar-refractivity contribution < 1.29 is 9.18 Å². The topological polar surface area (TPSA) is 64.0 Å². The number of amides is 1. The van der Waals surface area contributed by atoms with Crippen LogP contribution in [0.5, 0.6) is 0 Å². The van der Waals surface area contributed by atoms with Crippen molar-refractivity contribution in [3.05, 3.63) is 87.6 Å². The zero-order valence-electron chi connectivity index (χ0n) is 12.2. The van der Waals surface area contributed by atoms with Gasteiger partial charge < -0.3 is 5.32 Å². The van der Waals surface area contributed by atoms with Crippen LogP contribution in [0.1, 0.15) is 10.5 Å². The summed E-state index contributed by atoms with van der Waals surface area (Å²) in [6, 6.07) is 13.2. The summed E-state index contributed by atoms with van der Waals surface area (Å²) in [5.74, 6) is -1.03. The van der Waals surface area contributed by atoms with E-state index in [2.05, 4.69) is 10.4 Å². The number of anilines is 1. The van der Waals surface area contributed by atoms with Gasteiger partial charge >= 0.3 is 0 Å². The Hall–Kier alpha value is -2.99. The van der Waals surface area contributed by atoms with Crippen LogP contribution in [0.2, 0.25) is 5.02 Å². The fourth-order valence-corrected chi connectivity index (χ4v) is 2.15. The number of benzene rings is 2. The Bertz CT molecular complexity index is 937. The maximum Gasteiger partial charge on any atom is 0.280 e. The average molecular weight is 344 g/mol. The lowest BCUT2D eigenvalue weighted by molar-refractivity contribution is 0.101. The van der Waals surface area contributed by atoms with Crippen LogP contribution in [0, 0.1) is 5.82 Å². The van der Waals surface area contributed by atoms with E-state index in [0.717, 1.165) is 0 Å². The second kappa shape index (κ2) is 6.64. The molecule has 1 N–H and O–H groups in total. The molecule has 0 aliphatic rings. The van der Waals surface area contributed by atoms with Crippen LogP contribution in [-0.2, 0) is 0 Å². The Labute approximate surface area is 141 Å². The Balaban J connectivity index is 1.91. The van der Waals surface area contributed by atoms with Gasteiger partial charge in [-0.05, 0) is 48.5 Å². The first-order valence-electron chi connectivity index (χ1n) is 6.96. The van der Waals surface area contributed by atoms with Crippen LogP contribution in [0.15, 0.2) is 65.6 Å². The van der Waals surface area contributed by atoms with Crippen molar-refractivity contribution in [3.63, 3.8) is 0 Å². The van der Waals surface area contributed by atoms with Gasteiger partial charge in [-0.15, -0.1) is 0 Å². The molecule has 0 fully saturated rings. The van der Waals surface area contributed by atoms with Crippen LogP contribution in [-0.4, -0.2) is 15.7 Å². The third-order valence-electron chi connectivity index (χ3n) is 3.22. The fourth-order valence-electron chi connectivity index (χ4n) is 2.03. The van der Waals surface area contributed by atoms with Crippen molar-refractivity contribution >= 4 is 23.2 Å². The number of nitrogens with one attached hydrogen (secondary N) is 1. The highest BCUT2D eigenvalue weighted by Crippen LogP contribution is 2.14. The third kappa shape index (κ3) is 3.49. The molecule has 0 radical (unpaired) electrons. The number of nitrogens with zero attached hydrogens (tertiary/aromatic N) is 2. The van der Waals surface area contributed by atoms with Gasteiger partial charge in [0.2, 0.25) is 5.43 Å². The average Bonchev–Trinajstić information content (AvgIpc) is 2.58. The summed E-state index contributed by atoms with van der Waals surface area (Å²) in [5, 5.41) is 7.14. The monoisotopic (exact) mass is 343 g/mol. The number of rotatable bonds is 3. The van der Waals surface area contributed by atoms with Gasteiger partial charge in [-0.3, -0.25) is 9.59 Å². The minimum atomic E-state index is -0.640. The molecule has 0 bridgehead atoms. The second-order valence-corrected chi connectivity index (χ2v) is 5.35. The minimum Gasteiger partial charge on any atom is -0.320 e. The molecule has 0 aliphatic heterocycles. The molecule has 1 amide bonds. The first-order chi connectivity index (χ1) is 11.5. The van der Waals surface area contributed by atoms with Gasteiger partial charge in [-0.25, -0.2) is 9.07 Å². The van der Waals surface area contributed by atoms with Crippen molar-refractivity contribution in [3.8, 4) is 5.69 Å². The lowest BCUT2D eigenvalue weighted by Gasteiger charge is -2.08. The zero-order chi connectivity index (χ0) is 17.1. The van der Waals surface area contributed by atoms with Gasteiger partial charge in [0, 0.05) is 23.0 Å². The van der Waals surface area contributed by atoms with Crippen molar-refractivity contribution in [2.45, 2.75) is 0 Å². The van der Waals surface area contributed by atoms with Crippen molar-refractivity contribution in [1.29, 1.82) is 0 Å². The summed E-state index contributed by atoms with van der Waals surface area (Å²) < 4.78 is 14.3. The van der Waals surface area contributed by atoms with E-state index in [9.17, 15) is 14.0 Å². The highest BCUT2D eigenvalue weighted by Gasteiger charge is 2.13. The molecule has 3 rings (SSSR count). The van der Waals surface area contributed by atoms with Gasteiger partial charge in [0.05, 0.1) is 5.69 Å². The van der Waals surface area contributed by atoms with E-state index in [1.165, 1.54) is 41.2 Å². The standard InChI is InChI=1S/C17H11ClFN3O2/c18-11-1-5-13(6-2-11)20-17(24)16-15(23)9-10-22(21-16)14-7-3-12(19)4-8-14/h1-10H,(H,20,24). The third-order valence-corrected chi connectivity index (χ3v) is 3.47. The first-order valence-corrected chi connectivity index (χ1v) is 7.33. The molecule has 0 saturated heterocycles. The molecule has 24 heavy (non-hydrogen) atoms. The summed E-state index contributed by atoms with van der Waals surface area (Å²) in [7, 11) is 0. The molecular weight excluding hydrogens is 333 g/mol. The summed E-state index contributed by atoms with van der Waals surface area (Å²) in [6.07, 6.45) is 1.41. The Morgan fingerprint density at radius 1 is 1.04 bits per heavy atom. The van der Waals surface area contributed by atoms with E-state index in [1.807, 2.05) is 0 Å². The van der Waals surface area contributed by atoms with Crippen LogP contribution in [0.3, 0.4) is 0 Å². The van der Waals surface area contributed by atoms with Crippen LogP contribution < -0.4 is 10.7 Å². The summed E-state index contributed by atoms with van der Waals surface area (Å²) in [6.45, 7) is 0. The Morgan fingerprint density at radius 3 is 2.38 bits per heavy atom. The molecule has 1 heterocycles. The SMILES string of the molecule is O=C(Nc1ccc(Cl)cc1)c1nn(-c2ccc(F)cc2)ccc1=O. The van der Waals surface area contributed by atoms with E-state index >= 15 is 0 Å². The maximum absolute atomic E-state index is 13.0. The quantitative estimate of drug-likeness (QED) is 0.793. The summed E-state index contributed by atoms with van der Waals surface area (Å²) in [5.41, 5.74) is 0.233. The van der Waals surface area contributed by atoms with Gasteiger partial charge in [-0.1, -0.05) is 11.6 Å². The van der Waals surface area contributed by atoms with E-state index in [-0.39, 0.29) is 11.5 Å². The number of halogens is 2. The first kappa shape index (κ1) is 15.9. The largest absolute Gasteiger partial charge is 0.320 e. The molecule has 1 aromatic heterocycles. The summed E-state index contributed by atoms with van der Waals surface area (Å²) >= 11 is 5.79. The normalized spacial score (nSPS) is 10.4. The second-order valence-electron chi connectivity index (χ2n) is 4.91. The minimum absolute atomic E-state index is 0.267. The smallest absolute Gasteiger partial charge is 0.280 e. The molecule has 0 atom stereocenters. The molecule has 0 saturated carbocycles. The van der Waals surface area contributed by atoms with E-state index < -0.39 is 11.3 Å². The van der Waals surface area contributed by atoms with E-state index in [1.54, 1.807) is 24.3 Å². The number of hydrogen-bond acceptors (Lipinski definition) is 3. The molecule has 2 aromatic carbocycles. The van der Waals surface area contributed by atoms with Gasteiger partial charge in [0.25, 0.3) is 5.91 Å². The highest BCUT2D eigenvalue weighted by molar-refractivity contribution is 6.30. The number of aromatic nitrogens is 2.